The molecular formula is C6H6ClNO4S. The van der Waals surface area contributed by atoms with Crippen molar-refractivity contribution in [2.45, 2.75) is 4.90 Å². The Labute approximate surface area is 79.5 Å². The van der Waals surface area contributed by atoms with E-state index < -0.39 is 26.5 Å². The summed E-state index contributed by atoms with van der Waals surface area (Å²) in [5, 5.41) is 9.04. The van der Waals surface area contributed by atoms with Crippen LogP contribution < -0.4 is 5.73 Å². The monoisotopic (exact) mass is 223 g/mol. The van der Waals surface area contributed by atoms with E-state index in [-0.39, 0.29) is 5.02 Å². The molecule has 0 atom stereocenters. The largest absolute Gasteiger partial charge is 0.504 e. The first-order chi connectivity index (χ1) is 5.84. The Hall–Kier alpha value is -0.980. The quantitative estimate of drug-likeness (QED) is 0.373. The minimum Gasteiger partial charge on any atom is -0.504 e. The first-order valence-electron chi connectivity index (χ1n) is 3.08. The van der Waals surface area contributed by atoms with Gasteiger partial charge < -0.3 is 10.8 Å². The summed E-state index contributed by atoms with van der Waals surface area (Å²) in [5.41, 5.74) is 4.73. The van der Waals surface area contributed by atoms with E-state index >= 15 is 0 Å². The van der Waals surface area contributed by atoms with Crippen LogP contribution in [0.2, 0.25) is 5.02 Å². The number of nitrogen functional groups attached to an aromatic ring is 1. The van der Waals surface area contributed by atoms with Gasteiger partial charge in [0.05, 0.1) is 10.7 Å². The standard InChI is InChI=1S/C6H6ClNO4S/c7-3-1-2-4(13(10,11)12)5(8)6(3)9/h1-2,9H,8H2,(H,10,11,12). The fourth-order valence-electron chi connectivity index (χ4n) is 0.788. The highest BCUT2D eigenvalue weighted by atomic mass is 35.5. The zero-order valence-corrected chi connectivity index (χ0v) is 7.80. The fourth-order valence-corrected chi connectivity index (χ4v) is 1.57. The van der Waals surface area contributed by atoms with Crippen molar-refractivity contribution in [2.75, 3.05) is 5.73 Å². The molecule has 0 saturated carbocycles. The van der Waals surface area contributed by atoms with Gasteiger partial charge in [0, 0.05) is 0 Å². The molecule has 0 aliphatic carbocycles. The molecular weight excluding hydrogens is 218 g/mol. The van der Waals surface area contributed by atoms with Gasteiger partial charge in [-0.05, 0) is 12.1 Å². The van der Waals surface area contributed by atoms with Crippen molar-refractivity contribution in [2.24, 2.45) is 0 Å². The van der Waals surface area contributed by atoms with Gasteiger partial charge in [-0.3, -0.25) is 4.55 Å². The van der Waals surface area contributed by atoms with E-state index in [0.29, 0.717) is 0 Å². The molecule has 0 fully saturated rings. The molecule has 0 unspecified atom stereocenters. The minimum absolute atomic E-state index is 0.0788. The molecule has 13 heavy (non-hydrogen) atoms. The van der Waals surface area contributed by atoms with Crippen LogP contribution in [0.4, 0.5) is 5.69 Å². The Balaban J connectivity index is 3.53. The van der Waals surface area contributed by atoms with Crippen LogP contribution in [0.3, 0.4) is 0 Å². The molecule has 1 aromatic rings. The number of halogens is 1. The number of benzene rings is 1. The van der Waals surface area contributed by atoms with Crippen LogP contribution in [0.15, 0.2) is 17.0 Å². The molecule has 0 aromatic heterocycles. The van der Waals surface area contributed by atoms with Crippen molar-refractivity contribution in [3.8, 4) is 5.75 Å². The molecule has 0 saturated heterocycles. The van der Waals surface area contributed by atoms with Crippen LogP contribution >= 0.6 is 11.6 Å². The zero-order valence-electron chi connectivity index (χ0n) is 6.23. The SMILES string of the molecule is Nc1c(S(=O)(=O)O)ccc(Cl)c1O. The number of rotatable bonds is 1. The molecule has 0 aliphatic rings. The van der Waals surface area contributed by atoms with Crippen molar-refractivity contribution in [3.05, 3.63) is 17.2 Å². The van der Waals surface area contributed by atoms with Crippen LogP contribution in [-0.2, 0) is 10.1 Å². The predicted molar refractivity (Wildman–Crippen MR) is 47.3 cm³/mol. The normalized spacial score (nSPS) is 11.5. The molecule has 5 nitrogen and oxygen atoms in total. The second-order valence-corrected chi connectivity index (χ2v) is 4.08. The lowest BCUT2D eigenvalue weighted by molar-refractivity contribution is 0.469. The first kappa shape index (κ1) is 10.1. The van der Waals surface area contributed by atoms with Crippen LogP contribution in [0.5, 0.6) is 5.75 Å². The summed E-state index contributed by atoms with van der Waals surface area (Å²) in [7, 11) is -4.42. The van der Waals surface area contributed by atoms with Gasteiger partial charge in [0.25, 0.3) is 10.1 Å². The smallest absolute Gasteiger partial charge is 0.296 e. The number of hydrogen-bond donors (Lipinski definition) is 3. The minimum atomic E-state index is -4.42. The van der Waals surface area contributed by atoms with Crippen LogP contribution in [0.25, 0.3) is 0 Å². The van der Waals surface area contributed by atoms with Gasteiger partial charge in [-0.1, -0.05) is 11.6 Å². The van der Waals surface area contributed by atoms with Gasteiger partial charge in [-0.15, -0.1) is 0 Å². The molecule has 0 radical (unpaired) electrons. The third kappa shape index (κ3) is 1.85. The highest BCUT2D eigenvalue weighted by molar-refractivity contribution is 7.86. The van der Waals surface area contributed by atoms with Crippen molar-refractivity contribution in [1.29, 1.82) is 0 Å². The van der Waals surface area contributed by atoms with Crippen molar-refractivity contribution in [3.63, 3.8) is 0 Å². The zero-order chi connectivity index (χ0) is 10.2. The number of phenols is 1. The van der Waals surface area contributed by atoms with Crippen molar-refractivity contribution >= 4 is 27.4 Å². The van der Waals surface area contributed by atoms with Crippen molar-refractivity contribution < 1.29 is 18.1 Å². The molecule has 1 rings (SSSR count). The van der Waals surface area contributed by atoms with Gasteiger partial charge in [-0.2, -0.15) is 8.42 Å². The fraction of sp³-hybridized carbons (Fsp3) is 0. The molecule has 0 bridgehead atoms. The average molecular weight is 224 g/mol. The molecule has 4 N–H and O–H groups in total. The van der Waals surface area contributed by atoms with Crippen LogP contribution in [0, 0.1) is 0 Å². The number of phenolic OH excluding ortho intramolecular Hbond substituents is 1. The molecule has 7 heteroatoms. The molecule has 0 heterocycles. The molecule has 0 spiro atoms. The van der Waals surface area contributed by atoms with E-state index in [0.717, 1.165) is 12.1 Å². The summed E-state index contributed by atoms with van der Waals surface area (Å²) in [6.07, 6.45) is 0. The van der Waals surface area contributed by atoms with Gasteiger partial charge in [0.1, 0.15) is 4.90 Å². The average Bonchev–Trinajstić information content (AvgIpc) is 1.98. The lowest BCUT2D eigenvalue weighted by atomic mass is 10.3. The molecule has 72 valence electrons. The number of aromatic hydroxyl groups is 1. The summed E-state index contributed by atoms with van der Waals surface area (Å²) in [6.45, 7) is 0. The Morgan fingerprint density at radius 3 is 2.38 bits per heavy atom. The highest BCUT2D eigenvalue weighted by Gasteiger charge is 2.17. The lowest BCUT2D eigenvalue weighted by Crippen LogP contribution is -2.03. The van der Waals surface area contributed by atoms with Gasteiger partial charge in [0.15, 0.2) is 5.75 Å². The predicted octanol–water partition coefficient (Wildman–Crippen LogP) is 0.875. The van der Waals surface area contributed by atoms with E-state index in [4.69, 9.17) is 27.0 Å². The van der Waals surface area contributed by atoms with Crippen LogP contribution in [0.1, 0.15) is 0 Å². The maximum absolute atomic E-state index is 10.6. The number of hydrogen-bond acceptors (Lipinski definition) is 4. The third-order valence-electron chi connectivity index (χ3n) is 1.41. The van der Waals surface area contributed by atoms with Crippen LogP contribution in [-0.4, -0.2) is 18.1 Å². The van der Waals surface area contributed by atoms with Gasteiger partial charge in [-0.25, -0.2) is 0 Å². The Morgan fingerprint density at radius 1 is 1.38 bits per heavy atom. The Kier molecular flexibility index (Phi) is 2.38. The van der Waals surface area contributed by atoms with E-state index in [2.05, 4.69) is 0 Å². The first-order valence-corrected chi connectivity index (χ1v) is 4.90. The van der Waals surface area contributed by atoms with Gasteiger partial charge >= 0.3 is 0 Å². The number of nitrogens with two attached hydrogens (primary N) is 1. The Bertz CT molecular complexity index is 442. The van der Waals surface area contributed by atoms with Crippen molar-refractivity contribution in [1.82, 2.24) is 0 Å². The number of anilines is 1. The van der Waals surface area contributed by atoms with E-state index in [9.17, 15) is 8.42 Å². The summed E-state index contributed by atoms with van der Waals surface area (Å²) >= 11 is 5.43. The summed E-state index contributed by atoms with van der Waals surface area (Å²) in [5.74, 6) is -0.559. The van der Waals surface area contributed by atoms with E-state index in [1.54, 1.807) is 0 Å². The van der Waals surface area contributed by atoms with E-state index in [1.165, 1.54) is 0 Å². The Morgan fingerprint density at radius 2 is 1.92 bits per heavy atom. The maximum atomic E-state index is 10.6. The summed E-state index contributed by atoms with van der Waals surface area (Å²) in [6, 6.07) is 2.13. The highest BCUT2D eigenvalue weighted by Crippen LogP contribution is 2.34. The molecule has 1 aromatic carbocycles. The van der Waals surface area contributed by atoms with E-state index in [1.807, 2.05) is 0 Å². The second kappa shape index (κ2) is 3.06. The summed E-state index contributed by atoms with van der Waals surface area (Å²) in [4.78, 5) is -0.561. The second-order valence-electron chi connectivity index (χ2n) is 2.28. The third-order valence-corrected chi connectivity index (χ3v) is 2.62. The van der Waals surface area contributed by atoms with Gasteiger partial charge in [0.2, 0.25) is 0 Å². The topological polar surface area (TPSA) is 101 Å². The molecule has 0 amide bonds. The maximum Gasteiger partial charge on any atom is 0.296 e. The summed E-state index contributed by atoms with van der Waals surface area (Å²) < 4.78 is 29.9. The lowest BCUT2D eigenvalue weighted by Gasteiger charge is -2.05. The molecule has 0 aliphatic heterocycles.